The van der Waals surface area contributed by atoms with Crippen molar-refractivity contribution in [2.75, 3.05) is 30.3 Å². The lowest BCUT2D eigenvalue weighted by atomic mass is 9.98. The van der Waals surface area contributed by atoms with Crippen LogP contribution in [0.2, 0.25) is 0 Å². The molecule has 3 aromatic heterocycles. The third-order valence-electron chi connectivity index (χ3n) is 7.05. The van der Waals surface area contributed by atoms with E-state index in [1.165, 1.54) is 10.7 Å². The zero-order valence-electron chi connectivity index (χ0n) is 21.3. The summed E-state index contributed by atoms with van der Waals surface area (Å²) < 4.78 is 22.3. The minimum atomic E-state index is -0.852. The fourth-order valence-electron chi connectivity index (χ4n) is 5.05. The number of anilines is 3. The topological polar surface area (TPSA) is 117 Å². The number of aliphatic hydroxyl groups excluding tert-OH is 1. The van der Waals surface area contributed by atoms with Crippen LogP contribution in [0.5, 0.6) is 5.88 Å². The van der Waals surface area contributed by atoms with Crippen LogP contribution >= 0.6 is 0 Å². The Kier molecular flexibility index (Phi) is 5.87. The van der Waals surface area contributed by atoms with Gasteiger partial charge in [0.2, 0.25) is 11.8 Å². The molecular weight excluding hydrogens is 489 g/mol. The standard InChI is InChI=1S/C27H28FN7O3/c1-14(2)34-12-22(36)21-9-24(33-35(21)13-25(34)37)32-23-8-16-6-18(20(28)7-17(16)10-30-23)19-11-31-27-26(15(19)3)29-4-5-38-27/h6-11,14,22,29,36H,4-5,12-13H2,1-3H3,(H,30,32,33)/t22-/m0/s1. The van der Waals surface area contributed by atoms with E-state index in [1.54, 1.807) is 29.4 Å². The highest BCUT2D eigenvalue weighted by Crippen LogP contribution is 2.37. The van der Waals surface area contributed by atoms with E-state index in [2.05, 4.69) is 25.7 Å². The Morgan fingerprint density at radius 1 is 1.13 bits per heavy atom. The molecule has 3 N–H and O–H groups in total. The summed E-state index contributed by atoms with van der Waals surface area (Å²) in [5.74, 6) is 1.02. The van der Waals surface area contributed by atoms with Crippen molar-refractivity contribution in [3.8, 4) is 17.0 Å². The molecule has 1 amide bonds. The molecule has 0 spiro atoms. The summed E-state index contributed by atoms with van der Waals surface area (Å²) in [5, 5.41) is 23.1. The molecular formula is C27H28FN7O3. The van der Waals surface area contributed by atoms with Gasteiger partial charge in [-0.2, -0.15) is 5.10 Å². The Bertz CT molecular complexity index is 1570. The SMILES string of the molecule is Cc1c(-c2cc3cc(Nc4cc5n(n4)CC(=O)N(C(C)C)C[C@@H]5O)ncc3cc2F)cnc2c1NCCO2. The van der Waals surface area contributed by atoms with E-state index in [0.717, 1.165) is 16.6 Å². The number of carbonyl (C=O) groups excluding carboxylic acids is 1. The third kappa shape index (κ3) is 4.18. The summed E-state index contributed by atoms with van der Waals surface area (Å²) in [6.07, 6.45) is 2.38. The Morgan fingerprint density at radius 3 is 2.79 bits per heavy atom. The highest BCUT2D eigenvalue weighted by Gasteiger charge is 2.29. The molecule has 5 heterocycles. The number of fused-ring (bicyclic) bond motifs is 3. The van der Waals surface area contributed by atoms with Gasteiger partial charge in [-0.1, -0.05) is 0 Å². The number of hydrogen-bond donors (Lipinski definition) is 3. The van der Waals surface area contributed by atoms with E-state index in [1.807, 2.05) is 26.8 Å². The summed E-state index contributed by atoms with van der Waals surface area (Å²) in [4.78, 5) is 23.1. The van der Waals surface area contributed by atoms with Crippen molar-refractivity contribution in [1.82, 2.24) is 24.6 Å². The Hall–Kier alpha value is -4.25. The van der Waals surface area contributed by atoms with E-state index in [-0.39, 0.29) is 30.9 Å². The number of ether oxygens (including phenoxy) is 1. The number of nitrogens with one attached hydrogen (secondary N) is 2. The maximum absolute atomic E-state index is 15.2. The van der Waals surface area contributed by atoms with Crippen LogP contribution in [-0.4, -0.2) is 61.4 Å². The summed E-state index contributed by atoms with van der Waals surface area (Å²) in [6.45, 7) is 7.22. The van der Waals surface area contributed by atoms with Crippen LogP contribution in [0, 0.1) is 12.7 Å². The zero-order valence-corrected chi connectivity index (χ0v) is 21.3. The van der Waals surface area contributed by atoms with Gasteiger partial charge in [0.1, 0.15) is 36.6 Å². The van der Waals surface area contributed by atoms with Crippen LogP contribution in [-0.2, 0) is 11.3 Å². The van der Waals surface area contributed by atoms with Gasteiger partial charge in [-0.3, -0.25) is 9.48 Å². The first-order valence-electron chi connectivity index (χ1n) is 12.6. The fraction of sp³-hybridized carbons (Fsp3) is 0.333. The van der Waals surface area contributed by atoms with Gasteiger partial charge in [0, 0.05) is 47.6 Å². The van der Waals surface area contributed by atoms with Crippen molar-refractivity contribution in [2.24, 2.45) is 0 Å². The molecule has 0 bridgehead atoms. The number of rotatable bonds is 4. The Morgan fingerprint density at radius 2 is 1.97 bits per heavy atom. The van der Waals surface area contributed by atoms with Crippen LogP contribution in [0.3, 0.4) is 0 Å². The van der Waals surface area contributed by atoms with Crippen molar-refractivity contribution in [3.63, 3.8) is 0 Å². The van der Waals surface area contributed by atoms with E-state index in [4.69, 9.17) is 4.74 Å². The van der Waals surface area contributed by atoms with Crippen molar-refractivity contribution in [1.29, 1.82) is 0 Å². The number of pyridine rings is 2. The molecule has 1 atom stereocenters. The summed E-state index contributed by atoms with van der Waals surface area (Å²) in [5.41, 5.74) is 3.31. The highest BCUT2D eigenvalue weighted by molar-refractivity contribution is 5.90. The lowest BCUT2D eigenvalue weighted by Crippen LogP contribution is -2.39. The van der Waals surface area contributed by atoms with Crippen LogP contribution < -0.4 is 15.4 Å². The molecule has 0 unspecified atom stereocenters. The van der Waals surface area contributed by atoms with Crippen LogP contribution in [0.1, 0.15) is 31.2 Å². The van der Waals surface area contributed by atoms with Crippen LogP contribution in [0.15, 0.2) is 36.7 Å². The summed E-state index contributed by atoms with van der Waals surface area (Å²) in [7, 11) is 0. The van der Waals surface area contributed by atoms with Gasteiger partial charge in [-0.25, -0.2) is 14.4 Å². The second-order valence-electron chi connectivity index (χ2n) is 9.89. The van der Waals surface area contributed by atoms with Crippen LogP contribution in [0.4, 0.5) is 21.7 Å². The molecule has 0 saturated heterocycles. The van der Waals surface area contributed by atoms with Gasteiger partial charge in [0.25, 0.3) is 0 Å². The average molecular weight is 518 g/mol. The number of aliphatic hydroxyl groups is 1. The van der Waals surface area contributed by atoms with Gasteiger partial charge in [-0.05, 0) is 49.9 Å². The highest BCUT2D eigenvalue weighted by atomic mass is 19.1. The normalized spacial score (nSPS) is 17.1. The van der Waals surface area contributed by atoms with Crippen molar-refractivity contribution < 1.29 is 19.0 Å². The number of amides is 1. The van der Waals surface area contributed by atoms with E-state index >= 15 is 4.39 Å². The molecule has 0 aliphatic carbocycles. The average Bonchev–Trinajstić information content (AvgIpc) is 3.24. The number of carbonyl (C=O) groups is 1. The van der Waals surface area contributed by atoms with Gasteiger partial charge in [0.15, 0.2) is 5.82 Å². The summed E-state index contributed by atoms with van der Waals surface area (Å²) >= 11 is 0. The van der Waals surface area contributed by atoms with Crippen molar-refractivity contribution in [3.05, 3.63) is 53.7 Å². The molecule has 196 valence electrons. The van der Waals surface area contributed by atoms with Crippen molar-refractivity contribution in [2.45, 2.75) is 39.5 Å². The van der Waals surface area contributed by atoms with Gasteiger partial charge in [-0.15, -0.1) is 0 Å². The summed E-state index contributed by atoms with van der Waals surface area (Å²) in [6, 6.07) is 6.77. The molecule has 10 nitrogen and oxygen atoms in total. The lowest BCUT2D eigenvalue weighted by Gasteiger charge is -2.26. The lowest BCUT2D eigenvalue weighted by molar-refractivity contribution is -0.134. The fourth-order valence-corrected chi connectivity index (χ4v) is 5.05. The number of halogens is 1. The minimum absolute atomic E-state index is 0.0126. The molecule has 2 aliphatic heterocycles. The predicted molar refractivity (Wildman–Crippen MR) is 141 cm³/mol. The first kappa shape index (κ1) is 24.1. The molecule has 4 aromatic rings. The number of aromatic nitrogens is 4. The second-order valence-corrected chi connectivity index (χ2v) is 9.89. The predicted octanol–water partition coefficient (Wildman–Crippen LogP) is 3.77. The molecule has 0 radical (unpaired) electrons. The monoisotopic (exact) mass is 517 g/mol. The van der Waals surface area contributed by atoms with Gasteiger partial charge >= 0.3 is 0 Å². The minimum Gasteiger partial charge on any atom is -0.474 e. The van der Waals surface area contributed by atoms with E-state index in [9.17, 15) is 9.90 Å². The smallest absolute Gasteiger partial charge is 0.244 e. The molecule has 38 heavy (non-hydrogen) atoms. The van der Waals surface area contributed by atoms with Crippen molar-refractivity contribution >= 4 is 34.0 Å². The number of nitrogens with zero attached hydrogens (tertiary/aromatic N) is 5. The largest absolute Gasteiger partial charge is 0.474 e. The Balaban J connectivity index is 1.31. The number of β-amino-alcohol motifs (C(OH)–C–C–N with tert-alkyl or cyclic N) is 1. The third-order valence-corrected chi connectivity index (χ3v) is 7.05. The molecule has 6 rings (SSSR count). The van der Waals surface area contributed by atoms with E-state index < -0.39 is 6.10 Å². The Labute approximate surface area is 218 Å². The molecule has 0 saturated carbocycles. The zero-order chi connectivity index (χ0) is 26.6. The number of benzene rings is 1. The second kappa shape index (κ2) is 9.25. The number of hydrogen-bond acceptors (Lipinski definition) is 8. The van der Waals surface area contributed by atoms with Gasteiger partial charge < -0.3 is 25.4 Å². The first-order valence-corrected chi connectivity index (χ1v) is 12.6. The quantitative estimate of drug-likeness (QED) is 0.375. The van der Waals surface area contributed by atoms with E-state index in [0.29, 0.717) is 52.9 Å². The van der Waals surface area contributed by atoms with Crippen LogP contribution in [0.25, 0.3) is 21.9 Å². The molecule has 11 heteroatoms. The first-order chi connectivity index (χ1) is 18.3. The maximum atomic E-state index is 15.2. The maximum Gasteiger partial charge on any atom is 0.244 e. The molecule has 1 aromatic carbocycles. The molecule has 0 fully saturated rings. The molecule has 2 aliphatic rings. The van der Waals surface area contributed by atoms with Gasteiger partial charge in [0.05, 0.1) is 12.2 Å².